The van der Waals surface area contributed by atoms with Crippen LogP contribution in [0.5, 0.6) is 0 Å². The molecular weight excluding hydrogens is 269 g/mol. The summed E-state index contributed by atoms with van der Waals surface area (Å²) in [5, 5.41) is 9.90. The van der Waals surface area contributed by atoms with E-state index in [1.54, 1.807) is 0 Å². The Bertz CT molecular complexity index is 548. The lowest BCUT2D eigenvalue weighted by Crippen LogP contribution is -2.07. The standard InChI is InChI=1S/C12H8ClF3O2/c13-11-9(4-5-18-11)10(17)7-2-1-3-8(6-7)12(14,15)16/h1-6,10,17H. The average Bonchev–Trinajstić information content (AvgIpc) is 2.73. The Morgan fingerprint density at radius 1 is 1.22 bits per heavy atom. The first-order valence-corrected chi connectivity index (χ1v) is 5.35. The van der Waals surface area contributed by atoms with E-state index >= 15 is 0 Å². The summed E-state index contributed by atoms with van der Waals surface area (Å²) < 4.78 is 42.4. The van der Waals surface area contributed by atoms with Gasteiger partial charge in [-0.25, -0.2) is 0 Å². The first-order valence-electron chi connectivity index (χ1n) is 4.97. The van der Waals surface area contributed by atoms with Gasteiger partial charge in [-0.2, -0.15) is 13.2 Å². The van der Waals surface area contributed by atoms with Gasteiger partial charge in [0.05, 0.1) is 11.8 Å². The van der Waals surface area contributed by atoms with Gasteiger partial charge in [-0.1, -0.05) is 12.1 Å². The molecule has 6 heteroatoms. The van der Waals surface area contributed by atoms with E-state index in [-0.39, 0.29) is 16.3 Å². The Hall–Kier alpha value is -1.46. The van der Waals surface area contributed by atoms with Gasteiger partial charge in [0, 0.05) is 5.56 Å². The van der Waals surface area contributed by atoms with Crippen molar-refractivity contribution >= 4 is 11.6 Å². The molecule has 0 fully saturated rings. The molecule has 0 aliphatic rings. The molecule has 1 atom stereocenters. The predicted octanol–water partition coefficient (Wildman–Crippen LogP) is 4.03. The van der Waals surface area contributed by atoms with Crippen molar-refractivity contribution in [3.8, 4) is 0 Å². The van der Waals surface area contributed by atoms with Gasteiger partial charge in [0.1, 0.15) is 6.10 Å². The number of aliphatic hydroxyl groups excluding tert-OH is 1. The summed E-state index contributed by atoms with van der Waals surface area (Å²) in [5.41, 5.74) is -0.484. The van der Waals surface area contributed by atoms with Gasteiger partial charge in [-0.05, 0) is 35.4 Å². The van der Waals surface area contributed by atoms with E-state index in [0.717, 1.165) is 12.1 Å². The van der Waals surface area contributed by atoms with Gasteiger partial charge in [-0.15, -0.1) is 0 Å². The van der Waals surface area contributed by atoms with Gasteiger partial charge >= 0.3 is 6.18 Å². The van der Waals surface area contributed by atoms with Crippen molar-refractivity contribution in [1.82, 2.24) is 0 Å². The van der Waals surface area contributed by atoms with Gasteiger partial charge in [0.15, 0.2) is 5.22 Å². The third-order valence-corrected chi connectivity index (χ3v) is 2.78. The highest BCUT2D eigenvalue weighted by Crippen LogP contribution is 2.33. The second-order valence-corrected chi connectivity index (χ2v) is 4.02. The normalized spacial score (nSPS) is 13.6. The van der Waals surface area contributed by atoms with Crippen LogP contribution in [0.25, 0.3) is 0 Å². The molecule has 0 aliphatic heterocycles. The Labute approximate surface area is 106 Å². The Balaban J connectivity index is 2.38. The molecule has 0 saturated carbocycles. The fraction of sp³-hybridized carbons (Fsp3) is 0.167. The minimum absolute atomic E-state index is 0.0417. The second kappa shape index (κ2) is 4.66. The maximum Gasteiger partial charge on any atom is 0.416 e. The first-order chi connectivity index (χ1) is 8.39. The van der Waals surface area contributed by atoms with Crippen LogP contribution in [-0.4, -0.2) is 5.11 Å². The van der Waals surface area contributed by atoms with Crippen molar-refractivity contribution in [3.63, 3.8) is 0 Å². The van der Waals surface area contributed by atoms with Crippen LogP contribution < -0.4 is 0 Å². The lowest BCUT2D eigenvalue weighted by molar-refractivity contribution is -0.137. The molecule has 0 saturated heterocycles. The Morgan fingerprint density at radius 3 is 2.50 bits per heavy atom. The number of halogens is 4. The van der Waals surface area contributed by atoms with E-state index in [4.69, 9.17) is 16.0 Å². The third kappa shape index (κ3) is 2.52. The number of benzene rings is 1. The molecule has 0 amide bonds. The number of alkyl halides is 3. The molecule has 2 aromatic rings. The first kappa shape index (κ1) is 13.0. The average molecular weight is 277 g/mol. The highest BCUT2D eigenvalue weighted by atomic mass is 35.5. The van der Waals surface area contributed by atoms with Crippen LogP contribution in [0.4, 0.5) is 13.2 Å². The molecule has 2 nitrogen and oxygen atoms in total. The summed E-state index contributed by atoms with van der Waals surface area (Å²) in [5.74, 6) is 0. The van der Waals surface area contributed by atoms with Crippen molar-refractivity contribution in [2.75, 3.05) is 0 Å². The van der Waals surface area contributed by atoms with Crippen LogP contribution in [0.1, 0.15) is 22.8 Å². The van der Waals surface area contributed by atoms with Gasteiger partial charge < -0.3 is 9.52 Å². The van der Waals surface area contributed by atoms with Gasteiger partial charge in [0.25, 0.3) is 0 Å². The maximum absolute atomic E-state index is 12.5. The summed E-state index contributed by atoms with van der Waals surface area (Å²) in [7, 11) is 0. The van der Waals surface area contributed by atoms with Crippen LogP contribution >= 0.6 is 11.6 Å². The second-order valence-electron chi connectivity index (χ2n) is 3.68. The zero-order valence-corrected chi connectivity index (χ0v) is 9.66. The number of hydrogen-bond donors (Lipinski definition) is 1. The molecule has 18 heavy (non-hydrogen) atoms. The van der Waals surface area contributed by atoms with Crippen molar-refractivity contribution in [1.29, 1.82) is 0 Å². The number of aliphatic hydroxyl groups is 1. The van der Waals surface area contributed by atoms with E-state index in [9.17, 15) is 18.3 Å². The minimum Gasteiger partial charge on any atom is -0.453 e. The lowest BCUT2D eigenvalue weighted by atomic mass is 10.0. The number of furan rings is 1. The molecule has 96 valence electrons. The van der Waals surface area contributed by atoms with E-state index < -0.39 is 17.8 Å². The highest BCUT2D eigenvalue weighted by Gasteiger charge is 2.31. The highest BCUT2D eigenvalue weighted by molar-refractivity contribution is 6.29. The van der Waals surface area contributed by atoms with Crippen molar-refractivity contribution < 1.29 is 22.7 Å². The monoisotopic (exact) mass is 276 g/mol. The quantitative estimate of drug-likeness (QED) is 0.898. The molecule has 0 spiro atoms. The predicted molar refractivity (Wildman–Crippen MR) is 59.2 cm³/mol. The number of hydrogen-bond acceptors (Lipinski definition) is 2. The Kier molecular flexibility index (Phi) is 3.36. The van der Waals surface area contributed by atoms with Crippen LogP contribution in [0.15, 0.2) is 41.0 Å². The molecule has 1 heterocycles. The van der Waals surface area contributed by atoms with Crippen LogP contribution in [0.3, 0.4) is 0 Å². The lowest BCUT2D eigenvalue weighted by Gasteiger charge is -2.12. The molecule has 1 unspecified atom stereocenters. The zero-order valence-electron chi connectivity index (χ0n) is 8.91. The van der Waals surface area contributed by atoms with E-state index in [1.807, 2.05) is 0 Å². The largest absolute Gasteiger partial charge is 0.453 e. The topological polar surface area (TPSA) is 33.4 Å². The maximum atomic E-state index is 12.5. The minimum atomic E-state index is -4.45. The van der Waals surface area contributed by atoms with Crippen LogP contribution in [-0.2, 0) is 6.18 Å². The molecule has 1 N–H and O–H groups in total. The molecular formula is C12H8ClF3O2. The molecule has 0 aliphatic carbocycles. The molecule has 1 aromatic carbocycles. The fourth-order valence-corrected chi connectivity index (χ4v) is 1.78. The summed E-state index contributed by atoms with van der Waals surface area (Å²) in [6.07, 6.45) is -4.44. The molecule has 0 radical (unpaired) electrons. The summed E-state index contributed by atoms with van der Waals surface area (Å²) in [6, 6.07) is 5.85. The summed E-state index contributed by atoms with van der Waals surface area (Å²) in [4.78, 5) is 0. The zero-order chi connectivity index (χ0) is 13.3. The third-order valence-electron chi connectivity index (χ3n) is 2.47. The van der Waals surface area contributed by atoms with Gasteiger partial charge in [-0.3, -0.25) is 0 Å². The molecule has 0 bridgehead atoms. The summed E-state index contributed by atoms with van der Waals surface area (Å²) >= 11 is 5.67. The van der Waals surface area contributed by atoms with Crippen LogP contribution in [0.2, 0.25) is 5.22 Å². The van der Waals surface area contributed by atoms with Crippen molar-refractivity contribution in [3.05, 3.63) is 58.5 Å². The van der Waals surface area contributed by atoms with E-state index in [0.29, 0.717) is 0 Å². The van der Waals surface area contributed by atoms with Gasteiger partial charge in [0.2, 0.25) is 0 Å². The Morgan fingerprint density at radius 2 is 1.94 bits per heavy atom. The van der Waals surface area contributed by atoms with E-state index in [1.165, 1.54) is 24.5 Å². The van der Waals surface area contributed by atoms with Crippen LogP contribution in [0, 0.1) is 0 Å². The van der Waals surface area contributed by atoms with Crippen molar-refractivity contribution in [2.24, 2.45) is 0 Å². The summed E-state index contributed by atoms with van der Waals surface area (Å²) in [6.45, 7) is 0. The fourth-order valence-electron chi connectivity index (χ4n) is 1.56. The molecule has 2 rings (SSSR count). The number of rotatable bonds is 2. The SMILES string of the molecule is OC(c1cccc(C(F)(F)F)c1)c1ccoc1Cl. The van der Waals surface area contributed by atoms with Crippen molar-refractivity contribution in [2.45, 2.75) is 12.3 Å². The van der Waals surface area contributed by atoms with E-state index in [2.05, 4.69) is 0 Å². The molecule has 1 aromatic heterocycles. The smallest absolute Gasteiger partial charge is 0.416 e.